The van der Waals surface area contributed by atoms with Gasteiger partial charge in [-0.15, -0.1) is 0 Å². The highest BCUT2D eigenvalue weighted by molar-refractivity contribution is 6.36. The molecule has 3 aromatic carbocycles. The third kappa shape index (κ3) is 3.89. The number of nitrogens with zero attached hydrogens (tertiary/aromatic N) is 2. The maximum Gasteiger partial charge on any atom is 0.164 e. The van der Waals surface area contributed by atoms with Crippen LogP contribution in [0.25, 0.3) is 10.8 Å². The van der Waals surface area contributed by atoms with E-state index in [1.54, 1.807) is 12.1 Å². The largest absolute Gasteiger partial charge is 0.375 e. The van der Waals surface area contributed by atoms with Crippen LogP contribution in [0.5, 0.6) is 0 Å². The molecule has 0 aliphatic carbocycles. The summed E-state index contributed by atoms with van der Waals surface area (Å²) in [6, 6.07) is 17.8. The van der Waals surface area contributed by atoms with Crippen LogP contribution in [0.2, 0.25) is 10.0 Å². The maximum absolute atomic E-state index is 12.0. The SMILES string of the molecule is CC(C)N(CCN1c2cc(Cl)cc(Cl)c2C(O)(c2ccc3ccccc3c2)C1O)C(C)C. The van der Waals surface area contributed by atoms with E-state index < -0.39 is 11.8 Å². The summed E-state index contributed by atoms with van der Waals surface area (Å²) in [6.45, 7) is 9.89. The standard InChI is InChI=1S/C26H30Cl2N2O2/c1-16(2)29(17(3)4)11-12-30-23-15-21(27)14-22(28)24(23)26(32,25(30)31)20-10-9-18-7-5-6-8-19(18)13-20/h5-10,13-17,25,31-32H,11-12H2,1-4H3. The molecule has 6 heteroatoms. The molecule has 1 heterocycles. The molecule has 0 saturated carbocycles. The Balaban J connectivity index is 1.80. The summed E-state index contributed by atoms with van der Waals surface area (Å²) < 4.78 is 0. The van der Waals surface area contributed by atoms with Gasteiger partial charge >= 0.3 is 0 Å². The summed E-state index contributed by atoms with van der Waals surface area (Å²) in [5.74, 6) is 0. The Labute approximate surface area is 200 Å². The number of hydrogen-bond donors (Lipinski definition) is 2. The summed E-state index contributed by atoms with van der Waals surface area (Å²) in [6.07, 6.45) is -1.20. The van der Waals surface area contributed by atoms with Crippen LogP contribution in [0.1, 0.15) is 38.8 Å². The first-order valence-corrected chi connectivity index (χ1v) is 11.8. The van der Waals surface area contributed by atoms with Gasteiger partial charge in [-0.05, 0) is 62.2 Å². The van der Waals surface area contributed by atoms with Crippen molar-refractivity contribution in [3.63, 3.8) is 0 Å². The van der Waals surface area contributed by atoms with Crippen molar-refractivity contribution in [3.8, 4) is 0 Å². The van der Waals surface area contributed by atoms with Gasteiger partial charge in [0.15, 0.2) is 11.8 Å². The monoisotopic (exact) mass is 472 g/mol. The number of benzene rings is 3. The van der Waals surface area contributed by atoms with Gasteiger partial charge in [0.2, 0.25) is 0 Å². The van der Waals surface area contributed by atoms with Crippen LogP contribution in [0.15, 0.2) is 54.6 Å². The number of hydrogen-bond acceptors (Lipinski definition) is 4. The lowest BCUT2D eigenvalue weighted by Gasteiger charge is -2.36. The van der Waals surface area contributed by atoms with E-state index in [1.165, 1.54) is 0 Å². The van der Waals surface area contributed by atoms with Crippen LogP contribution in [0.3, 0.4) is 0 Å². The lowest BCUT2D eigenvalue weighted by Crippen LogP contribution is -2.49. The van der Waals surface area contributed by atoms with Gasteiger partial charge in [-0.3, -0.25) is 4.90 Å². The lowest BCUT2D eigenvalue weighted by atomic mass is 9.85. The molecular formula is C26H30Cl2N2O2. The minimum absolute atomic E-state index is 0.342. The Hall–Kier alpha value is -1.82. The van der Waals surface area contributed by atoms with Gasteiger partial charge < -0.3 is 15.1 Å². The van der Waals surface area contributed by atoms with Gasteiger partial charge in [-0.25, -0.2) is 0 Å². The second kappa shape index (κ2) is 8.85. The molecular weight excluding hydrogens is 443 g/mol. The zero-order valence-electron chi connectivity index (χ0n) is 18.9. The molecule has 1 aliphatic rings. The Morgan fingerprint density at radius 1 is 0.969 bits per heavy atom. The van der Waals surface area contributed by atoms with Gasteiger partial charge in [0, 0.05) is 41.4 Å². The fourth-order valence-corrected chi connectivity index (χ4v) is 5.58. The number of anilines is 1. The van der Waals surface area contributed by atoms with E-state index >= 15 is 0 Å². The Morgan fingerprint density at radius 3 is 2.28 bits per heavy atom. The Morgan fingerprint density at radius 2 is 1.62 bits per heavy atom. The molecule has 2 atom stereocenters. The molecule has 2 unspecified atom stereocenters. The van der Waals surface area contributed by atoms with Crippen molar-refractivity contribution in [2.45, 2.75) is 51.6 Å². The molecule has 1 aliphatic heterocycles. The minimum Gasteiger partial charge on any atom is -0.375 e. The normalized spacial score (nSPS) is 20.7. The highest BCUT2D eigenvalue weighted by Crippen LogP contribution is 2.51. The van der Waals surface area contributed by atoms with Crippen LogP contribution in [0.4, 0.5) is 5.69 Å². The number of aliphatic hydroxyl groups excluding tert-OH is 1. The van der Waals surface area contributed by atoms with E-state index in [-0.39, 0.29) is 0 Å². The molecule has 4 nitrogen and oxygen atoms in total. The summed E-state index contributed by atoms with van der Waals surface area (Å²) >= 11 is 13.0. The van der Waals surface area contributed by atoms with Crippen LogP contribution in [-0.4, -0.2) is 46.5 Å². The average molecular weight is 473 g/mol. The predicted octanol–water partition coefficient (Wildman–Crippen LogP) is 5.64. The zero-order valence-corrected chi connectivity index (χ0v) is 20.4. The molecule has 2 N–H and O–H groups in total. The third-order valence-corrected chi connectivity index (χ3v) is 7.03. The van der Waals surface area contributed by atoms with E-state index in [4.69, 9.17) is 23.2 Å². The molecule has 170 valence electrons. The summed E-state index contributed by atoms with van der Waals surface area (Å²) in [5.41, 5.74) is 0.0768. The molecule has 0 aromatic heterocycles. The topological polar surface area (TPSA) is 46.9 Å². The smallest absolute Gasteiger partial charge is 0.164 e. The Bertz CT molecular complexity index is 1130. The predicted molar refractivity (Wildman–Crippen MR) is 134 cm³/mol. The fraction of sp³-hybridized carbons (Fsp3) is 0.385. The van der Waals surface area contributed by atoms with Gasteiger partial charge in [-0.2, -0.15) is 0 Å². The molecule has 0 spiro atoms. The quantitative estimate of drug-likeness (QED) is 0.487. The van der Waals surface area contributed by atoms with Gasteiger partial charge in [0.05, 0.1) is 5.02 Å². The van der Waals surface area contributed by atoms with Crippen molar-refractivity contribution in [1.29, 1.82) is 0 Å². The summed E-state index contributed by atoms with van der Waals surface area (Å²) in [4.78, 5) is 4.17. The molecule has 32 heavy (non-hydrogen) atoms. The molecule has 0 amide bonds. The first-order valence-electron chi connectivity index (χ1n) is 11.1. The van der Waals surface area contributed by atoms with Gasteiger partial charge in [0.1, 0.15) is 0 Å². The molecule has 4 rings (SSSR count). The first-order chi connectivity index (χ1) is 15.1. The van der Waals surface area contributed by atoms with E-state index in [2.05, 4.69) is 32.6 Å². The van der Waals surface area contributed by atoms with Crippen LogP contribution >= 0.6 is 23.2 Å². The lowest BCUT2D eigenvalue weighted by molar-refractivity contribution is -0.0390. The van der Waals surface area contributed by atoms with E-state index in [0.29, 0.717) is 45.5 Å². The summed E-state index contributed by atoms with van der Waals surface area (Å²) in [7, 11) is 0. The van der Waals surface area contributed by atoms with Crippen molar-refractivity contribution in [3.05, 3.63) is 75.8 Å². The molecule has 0 radical (unpaired) electrons. The van der Waals surface area contributed by atoms with Crippen molar-refractivity contribution >= 4 is 39.7 Å². The van der Waals surface area contributed by atoms with Crippen LogP contribution < -0.4 is 4.90 Å². The second-order valence-electron chi connectivity index (χ2n) is 9.10. The van der Waals surface area contributed by atoms with Gasteiger partial charge in [0.25, 0.3) is 0 Å². The molecule has 0 bridgehead atoms. The van der Waals surface area contributed by atoms with Crippen LogP contribution in [-0.2, 0) is 5.60 Å². The molecule has 0 fully saturated rings. The number of fused-ring (bicyclic) bond motifs is 2. The zero-order chi connectivity index (χ0) is 23.2. The first kappa shape index (κ1) is 23.3. The van der Waals surface area contributed by atoms with E-state index in [0.717, 1.165) is 17.3 Å². The fourth-order valence-electron chi connectivity index (χ4n) is 4.95. The van der Waals surface area contributed by atoms with Crippen molar-refractivity contribution in [2.24, 2.45) is 0 Å². The third-order valence-electron chi connectivity index (χ3n) is 6.51. The van der Waals surface area contributed by atoms with Crippen molar-refractivity contribution in [1.82, 2.24) is 4.90 Å². The number of aliphatic hydroxyl groups is 2. The highest BCUT2D eigenvalue weighted by Gasteiger charge is 2.52. The summed E-state index contributed by atoms with van der Waals surface area (Å²) in [5, 5.41) is 26.4. The number of halogens is 2. The minimum atomic E-state index is -1.68. The Kier molecular flexibility index (Phi) is 6.45. The van der Waals surface area contributed by atoms with Crippen LogP contribution in [0, 0.1) is 0 Å². The second-order valence-corrected chi connectivity index (χ2v) is 9.95. The van der Waals surface area contributed by atoms with Gasteiger partial charge in [-0.1, -0.05) is 59.6 Å². The average Bonchev–Trinajstić information content (AvgIpc) is 2.95. The molecule has 3 aromatic rings. The van der Waals surface area contributed by atoms with E-state index in [1.807, 2.05) is 47.4 Å². The van der Waals surface area contributed by atoms with Crippen molar-refractivity contribution in [2.75, 3.05) is 18.0 Å². The van der Waals surface area contributed by atoms with E-state index in [9.17, 15) is 10.2 Å². The maximum atomic E-state index is 12.0. The number of rotatable bonds is 6. The molecule has 0 saturated heterocycles. The van der Waals surface area contributed by atoms with Crippen molar-refractivity contribution < 1.29 is 10.2 Å². The highest BCUT2D eigenvalue weighted by atomic mass is 35.5.